The normalized spacial score (nSPS) is 13.6. The molecule has 104 valence electrons. The summed E-state index contributed by atoms with van der Waals surface area (Å²) in [6.07, 6.45) is 0. The number of hydrogen-bond donors (Lipinski definition) is 2. The van der Waals surface area contributed by atoms with E-state index in [2.05, 4.69) is 55.0 Å². The molecule has 0 bridgehead atoms. The van der Waals surface area contributed by atoms with Gasteiger partial charge in [-0.05, 0) is 23.8 Å². The van der Waals surface area contributed by atoms with Crippen molar-refractivity contribution in [2.24, 2.45) is 11.3 Å². The Morgan fingerprint density at radius 1 is 1.37 bits per heavy atom. The van der Waals surface area contributed by atoms with Gasteiger partial charge in [0.1, 0.15) is 0 Å². The number of rotatable bonds is 3. The number of nitrogens with zero attached hydrogens (tertiary/aromatic N) is 3. The second-order valence-electron chi connectivity index (χ2n) is 5.80. The van der Waals surface area contributed by atoms with E-state index >= 15 is 0 Å². The Bertz CT molecular complexity index is 572. The van der Waals surface area contributed by atoms with E-state index in [1.807, 2.05) is 11.4 Å². The average Bonchev–Trinajstić information content (AvgIpc) is 2.82. The zero-order valence-electron chi connectivity index (χ0n) is 12.1. The number of nitrogen functional groups attached to an aromatic ring is 1. The summed E-state index contributed by atoms with van der Waals surface area (Å²) in [7, 11) is 2.07. The maximum Gasteiger partial charge on any atom is 0.239 e. The molecular weight excluding hydrogens is 258 g/mol. The molecule has 0 fully saturated rings. The summed E-state index contributed by atoms with van der Waals surface area (Å²) < 4.78 is 1.10. The molecule has 0 saturated carbocycles. The van der Waals surface area contributed by atoms with Crippen molar-refractivity contribution in [2.75, 3.05) is 17.4 Å². The van der Waals surface area contributed by atoms with Crippen LogP contribution in [0.1, 0.15) is 27.7 Å². The van der Waals surface area contributed by atoms with E-state index < -0.39 is 0 Å². The average molecular weight is 279 g/mol. The third-order valence-electron chi connectivity index (χ3n) is 3.58. The van der Waals surface area contributed by atoms with Crippen molar-refractivity contribution in [3.8, 4) is 0 Å². The number of anilines is 2. The van der Waals surface area contributed by atoms with Crippen LogP contribution in [0.25, 0.3) is 10.2 Å². The molecule has 0 aliphatic carbocycles. The quantitative estimate of drug-likeness (QED) is 0.668. The van der Waals surface area contributed by atoms with Gasteiger partial charge in [0.2, 0.25) is 5.95 Å². The van der Waals surface area contributed by atoms with E-state index in [0.717, 1.165) is 16.0 Å². The van der Waals surface area contributed by atoms with Crippen molar-refractivity contribution in [1.29, 1.82) is 0 Å². The summed E-state index contributed by atoms with van der Waals surface area (Å²) in [5, 5.41) is 2.03. The fourth-order valence-electron chi connectivity index (χ4n) is 1.92. The summed E-state index contributed by atoms with van der Waals surface area (Å²) in [6, 6.07) is 2.33. The zero-order valence-corrected chi connectivity index (χ0v) is 12.9. The summed E-state index contributed by atoms with van der Waals surface area (Å²) in [6.45, 7) is 8.88. The van der Waals surface area contributed by atoms with Crippen LogP contribution in [0.5, 0.6) is 0 Å². The predicted octanol–water partition coefficient (Wildman–Crippen LogP) is 2.85. The summed E-state index contributed by atoms with van der Waals surface area (Å²) >= 11 is 1.65. The highest BCUT2D eigenvalue weighted by Crippen LogP contribution is 2.33. The Morgan fingerprint density at radius 3 is 2.63 bits per heavy atom. The predicted molar refractivity (Wildman–Crippen MR) is 82.5 cm³/mol. The Labute approximate surface area is 117 Å². The topological polar surface area (TPSA) is 67.1 Å². The standard InChI is InChI=1S/C13H21N5S/c1-8(13(2,3)4)18(5)11-10-9(6-7-19-10)15-12(16-11)17-14/h6-8H,14H2,1-5H3,(H,15,16,17). The van der Waals surface area contributed by atoms with Crippen LogP contribution in [0.3, 0.4) is 0 Å². The molecule has 1 unspecified atom stereocenters. The zero-order chi connectivity index (χ0) is 14.2. The first kappa shape index (κ1) is 14.0. The summed E-state index contributed by atoms with van der Waals surface area (Å²) in [5.41, 5.74) is 3.63. The maximum absolute atomic E-state index is 5.45. The van der Waals surface area contributed by atoms with E-state index in [-0.39, 0.29) is 5.41 Å². The Kier molecular flexibility index (Phi) is 3.64. The summed E-state index contributed by atoms with van der Waals surface area (Å²) in [4.78, 5) is 11.1. The molecule has 0 aliphatic heterocycles. The van der Waals surface area contributed by atoms with Crippen molar-refractivity contribution in [2.45, 2.75) is 33.7 Å². The van der Waals surface area contributed by atoms with Gasteiger partial charge in [-0.3, -0.25) is 5.43 Å². The molecule has 2 heterocycles. The first-order chi connectivity index (χ1) is 8.84. The van der Waals surface area contributed by atoms with Crippen LogP contribution >= 0.6 is 11.3 Å². The van der Waals surface area contributed by atoms with Crippen molar-refractivity contribution in [1.82, 2.24) is 9.97 Å². The maximum atomic E-state index is 5.45. The van der Waals surface area contributed by atoms with E-state index in [9.17, 15) is 0 Å². The molecular formula is C13H21N5S. The molecule has 0 aliphatic rings. The second kappa shape index (κ2) is 4.94. The number of nitrogens with one attached hydrogen (secondary N) is 1. The van der Waals surface area contributed by atoms with Gasteiger partial charge in [-0.15, -0.1) is 11.3 Å². The Balaban J connectivity index is 2.51. The highest BCUT2D eigenvalue weighted by molar-refractivity contribution is 7.17. The smallest absolute Gasteiger partial charge is 0.239 e. The molecule has 0 saturated heterocycles. The lowest BCUT2D eigenvalue weighted by atomic mass is 9.87. The molecule has 3 N–H and O–H groups in total. The SMILES string of the molecule is CC(N(C)c1nc(NN)nc2ccsc12)C(C)(C)C. The fourth-order valence-corrected chi connectivity index (χ4v) is 2.78. The van der Waals surface area contributed by atoms with E-state index in [1.165, 1.54) is 0 Å². The van der Waals surface area contributed by atoms with Gasteiger partial charge in [-0.1, -0.05) is 20.8 Å². The molecule has 0 aromatic carbocycles. The lowest BCUT2D eigenvalue weighted by Crippen LogP contribution is -2.40. The molecule has 5 nitrogen and oxygen atoms in total. The molecule has 0 spiro atoms. The molecule has 2 aromatic rings. The molecule has 2 rings (SSSR count). The van der Waals surface area contributed by atoms with Gasteiger partial charge in [-0.2, -0.15) is 4.98 Å². The van der Waals surface area contributed by atoms with Gasteiger partial charge in [-0.25, -0.2) is 10.8 Å². The third kappa shape index (κ3) is 2.64. The molecule has 6 heteroatoms. The van der Waals surface area contributed by atoms with Crippen molar-refractivity contribution in [3.63, 3.8) is 0 Å². The highest BCUT2D eigenvalue weighted by atomic mass is 32.1. The van der Waals surface area contributed by atoms with Crippen LogP contribution in [0.4, 0.5) is 11.8 Å². The minimum atomic E-state index is 0.166. The Morgan fingerprint density at radius 2 is 2.05 bits per heavy atom. The molecule has 0 radical (unpaired) electrons. The van der Waals surface area contributed by atoms with Crippen molar-refractivity contribution < 1.29 is 0 Å². The van der Waals surface area contributed by atoms with E-state index in [1.54, 1.807) is 11.3 Å². The van der Waals surface area contributed by atoms with Gasteiger partial charge in [0.05, 0.1) is 10.2 Å². The minimum Gasteiger partial charge on any atom is -0.355 e. The first-order valence-electron chi connectivity index (χ1n) is 6.29. The monoisotopic (exact) mass is 279 g/mol. The van der Waals surface area contributed by atoms with Crippen molar-refractivity contribution in [3.05, 3.63) is 11.4 Å². The van der Waals surface area contributed by atoms with E-state index in [4.69, 9.17) is 5.84 Å². The lowest BCUT2D eigenvalue weighted by Gasteiger charge is -2.36. The largest absolute Gasteiger partial charge is 0.355 e. The number of thiophene rings is 1. The Hall–Kier alpha value is -1.40. The van der Waals surface area contributed by atoms with Gasteiger partial charge in [0.15, 0.2) is 5.82 Å². The van der Waals surface area contributed by atoms with Gasteiger partial charge < -0.3 is 4.90 Å². The van der Waals surface area contributed by atoms with Crippen LogP contribution in [-0.2, 0) is 0 Å². The lowest BCUT2D eigenvalue weighted by molar-refractivity contribution is 0.329. The molecule has 2 aromatic heterocycles. The first-order valence-corrected chi connectivity index (χ1v) is 7.17. The van der Waals surface area contributed by atoms with Crippen LogP contribution in [-0.4, -0.2) is 23.1 Å². The van der Waals surface area contributed by atoms with Crippen molar-refractivity contribution >= 4 is 33.3 Å². The minimum absolute atomic E-state index is 0.166. The molecule has 19 heavy (non-hydrogen) atoms. The number of nitrogens with two attached hydrogens (primary N) is 1. The number of hydrazine groups is 1. The number of aromatic nitrogens is 2. The summed E-state index contributed by atoms with van der Waals surface area (Å²) in [5.74, 6) is 6.83. The second-order valence-corrected chi connectivity index (χ2v) is 6.72. The van der Waals surface area contributed by atoms with Gasteiger partial charge in [0.25, 0.3) is 0 Å². The van der Waals surface area contributed by atoms with Crippen LogP contribution in [0.15, 0.2) is 11.4 Å². The number of hydrogen-bond acceptors (Lipinski definition) is 6. The van der Waals surface area contributed by atoms with Crippen LogP contribution in [0, 0.1) is 5.41 Å². The highest BCUT2D eigenvalue weighted by Gasteiger charge is 2.26. The molecule has 0 amide bonds. The van der Waals surface area contributed by atoms with Crippen LogP contribution in [0.2, 0.25) is 0 Å². The van der Waals surface area contributed by atoms with Gasteiger partial charge in [0, 0.05) is 13.1 Å². The van der Waals surface area contributed by atoms with Crippen LogP contribution < -0.4 is 16.2 Å². The van der Waals surface area contributed by atoms with Gasteiger partial charge >= 0.3 is 0 Å². The molecule has 1 atom stereocenters. The third-order valence-corrected chi connectivity index (χ3v) is 4.48. The fraction of sp³-hybridized carbons (Fsp3) is 0.538. The van der Waals surface area contributed by atoms with E-state index in [0.29, 0.717) is 12.0 Å². The number of fused-ring (bicyclic) bond motifs is 1.